The molecule has 0 bridgehead atoms. The Morgan fingerprint density at radius 2 is 1.93 bits per heavy atom. The highest BCUT2D eigenvalue weighted by molar-refractivity contribution is 6.32. The van der Waals surface area contributed by atoms with Crippen molar-refractivity contribution in [1.82, 2.24) is 4.98 Å². The van der Waals surface area contributed by atoms with Gasteiger partial charge in [-0.3, -0.25) is 9.78 Å². The molecule has 3 aromatic rings. The molecule has 0 aliphatic heterocycles. The summed E-state index contributed by atoms with van der Waals surface area (Å²) in [5.74, 6) is 0.549. The monoisotopic (exact) mass is 416 g/mol. The van der Waals surface area contributed by atoms with Crippen LogP contribution in [0.1, 0.15) is 6.92 Å². The highest BCUT2D eigenvalue weighted by Gasteiger charge is 2.12. The van der Waals surface area contributed by atoms with E-state index in [0.717, 1.165) is 11.3 Å². The lowest BCUT2D eigenvalue weighted by Crippen LogP contribution is -2.16. The van der Waals surface area contributed by atoms with Gasteiger partial charge in [0.15, 0.2) is 5.75 Å². The molecule has 0 aliphatic rings. The number of ether oxygens (including phenoxy) is 2. The summed E-state index contributed by atoms with van der Waals surface area (Å²) in [6, 6.07) is 16.2. The Morgan fingerprint density at radius 3 is 2.64 bits per heavy atom. The maximum Gasteiger partial charge on any atom is 0.325 e. The number of hydrogen-bond acceptors (Lipinski definition) is 5. The number of rotatable bonds is 7. The maximum atomic E-state index is 11.6. The van der Waals surface area contributed by atoms with E-state index >= 15 is 0 Å². The Hall–Kier alpha value is -2.76. The van der Waals surface area contributed by atoms with Gasteiger partial charge in [0, 0.05) is 22.8 Å². The summed E-state index contributed by atoms with van der Waals surface area (Å²) < 4.78 is 10.9. The van der Waals surface area contributed by atoms with E-state index in [1.807, 2.05) is 24.3 Å². The Labute approximate surface area is 173 Å². The molecule has 0 fully saturated rings. The topological polar surface area (TPSA) is 60.5 Å². The highest BCUT2D eigenvalue weighted by Crippen LogP contribution is 2.37. The first-order valence-electron chi connectivity index (χ1n) is 8.64. The molecule has 0 saturated heterocycles. The van der Waals surface area contributed by atoms with Crippen LogP contribution in [-0.2, 0) is 9.53 Å². The lowest BCUT2D eigenvalue weighted by Gasteiger charge is -2.14. The van der Waals surface area contributed by atoms with E-state index in [4.69, 9.17) is 32.7 Å². The van der Waals surface area contributed by atoms with Gasteiger partial charge < -0.3 is 14.8 Å². The minimum absolute atomic E-state index is 0.0121. The van der Waals surface area contributed by atoms with Gasteiger partial charge in [-0.15, -0.1) is 0 Å². The standard InChI is InChI=1S/C21H18Cl2N2O3/c1-2-27-21(26)13-25-18-8-7-15(22)12-20(18)28-19-9-6-14(11-16(19)23)17-5-3-4-10-24-17/h3-12,25H,2,13H2,1H3. The van der Waals surface area contributed by atoms with Crippen molar-refractivity contribution in [3.05, 3.63) is 70.8 Å². The number of anilines is 1. The maximum absolute atomic E-state index is 11.6. The summed E-state index contributed by atoms with van der Waals surface area (Å²) in [5.41, 5.74) is 2.29. The first kappa shape index (κ1) is 20.0. The number of aromatic nitrogens is 1. The molecule has 1 N–H and O–H groups in total. The van der Waals surface area contributed by atoms with Crippen LogP contribution in [0, 0.1) is 0 Å². The molecule has 0 radical (unpaired) electrons. The predicted octanol–water partition coefficient (Wildman–Crippen LogP) is 5.82. The summed E-state index contributed by atoms with van der Waals surface area (Å²) >= 11 is 12.5. The number of halogens is 2. The second-order valence-corrected chi connectivity index (χ2v) is 6.60. The van der Waals surface area contributed by atoms with E-state index < -0.39 is 0 Å². The number of pyridine rings is 1. The Balaban J connectivity index is 1.81. The number of nitrogens with zero attached hydrogens (tertiary/aromatic N) is 1. The molecule has 5 nitrogen and oxygen atoms in total. The molecule has 144 valence electrons. The van der Waals surface area contributed by atoms with Crippen LogP contribution in [0.15, 0.2) is 60.8 Å². The molecule has 0 aliphatic carbocycles. The number of nitrogens with one attached hydrogen (secondary N) is 1. The smallest absolute Gasteiger partial charge is 0.325 e. The van der Waals surface area contributed by atoms with Gasteiger partial charge in [-0.1, -0.05) is 29.3 Å². The van der Waals surface area contributed by atoms with Crippen molar-refractivity contribution in [2.45, 2.75) is 6.92 Å². The number of benzene rings is 2. The second-order valence-electron chi connectivity index (χ2n) is 5.76. The Bertz CT molecular complexity index is 965. The van der Waals surface area contributed by atoms with Crippen molar-refractivity contribution < 1.29 is 14.3 Å². The summed E-state index contributed by atoms with van der Waals surface area (Å²) in [6.07, 6.45) is 1.72. The van der Waals surface area contributed by atoms with E-state index in [1.54, 1.807) is 43.5 Å². The van der Waals surface area contributed by atoms with E-state index in [0.29, 0.717) is 33.8 Å². The molecule has 0 saturated carbocycles. The van der Waals surface area contributed by atoms with Crippen LogP contribution in [0.25, 0.3) is 11.3 Å². The SMILES string of the molecule is CCOC(=O)CNc1ccc(Cl)cc1Oc1ccc(-c2ccccn2)cc1Cl. The molecule has 0 atom stereocenters. The van der Waals surface area contributed by atoms with Crippen LogP contribution in [0.2, 0.25) is 10.0 Å². The molecule has 0 unspecified atom stereocenters. The van der Waals surface area contributed by atoms with Crippen LogP contribution >= 0.6 is 23.2 Å². The quantitative estimate of drug-likeness (QED) is 0.491. The van der Waals surface area contributed by atoms with Crippen molar-refractivity contribution in [3.8, 4) is 22.8 Å². The average Bonchev–Trinajstić information content (AvgIpc) is 2.70. The van der Waals surface area contributed by atoms with Gasteiger partial charge in [0.25, 0.3) is 0 Å². The van der Waals surface area contributed by atoms with Gasteiger partial charge in [0.05, 0.1) is 23.0 Å². The van der Waals surface area contributed by atoms with Crippen LogP contribution in [0.3, 0.4) is 0 Å². The third-order valence-corrected chi connectivity index (χ3v) is 4.32. The van der Waals surface area contributed by atoms with Gasteiger partial charge >= 0.3 is 5.97 Å². The van der Waals surface area contributed by atoms with E-state index in [1.165, 1.54) is 0 Å². The first-order valence-corrected chi connectivity index (χ1v) is 9.40. The van der Waals surface area contributed by atoms with E-state index in [9.17, 15) is 4.79 Å². The number of esters is 1. The summed E-state index contributed by atoms with van der Waals surface area (Å²) in [4.78, 5) is 15.9. The molecule has 0 amide bonds. The minimum atomic E-state index is -0.360. The third kappa shape index (κ3) is 5.15. The molecule has 1 heterocycles. The molecular weight excluding hydrogens is 399 g/mol. The molecule has 7 heteroatoms. The third-order valence-electron chi connectivity index (χ3n) is 3.78. The predicted molar refractivity (Wildman–Crippen MR) is 111 cm³/mol. The highest BCUT2D eigenvalue weighted by atomic mass is 35.5. The second kappa shape index (κ2) is 9.44. The van der Waals surface area contributed by atoms with Crippen molar-refractivity contribution in [3.63, 3.8) is 0 Å². The van der Waals surface area contributed by atoms with Gasteiger partial charge in [0.2, 0.25) is 0 Å². The molecule has 28 heavy (non-hydrogen) atoms. The molecular formula is C21H18Cl2N2O3. The average molecular weight is 417 g/mol. The number of carbonyl (C=O) groups is 1. The normalized spacial score (nSPS) is 10.4. The van der Waals surface area contributed by atoms with Crippen LogP contribution < -0.4 is 10.1 Å². The van der Waals surface area contributed by atoms with Crippen LogP contribution in [0.4, 0.5) is 5.69 Å². The Morgan fingerprint density at radius 1 is 1.07 bits per heavy atom. The van der Waals surface area contributed by atoms with Crippen molar-refractivity contribution >= 4 is 34.9 Å². The minimum Gasteiger partial charge on any atom is -0.465 e. The molecule has 2 aromatic carbocycles. The zero-order chi connectivity index (χ0) is 19.9. The van der Waals surface area contributed by atoms with E-state index in [2.05, 4.69) is 10.3 Å². The fourth-order valence-electron chi connectivity index (χ4n) is 2.50. The largest absolute Gasteiger partial charge is 0.465 e. The molecule has 0 spiro atoms. The van der Waals surface area contributed by atoms with Gasteiger partial charge in [-0.05, 0) is 49.4 Å². The zero-order valence-corrected chi connectivity index (χ0v) is 16.6. The molecule has 3 rings (SSSR count). The first-order chi connectivity index (χ1) is 13.6. The van der Waals surface area contributed by atoms with Crippen LogP contribution in [0.5, 0.6) is 11.5 Å². The lowest BCUT2D eigenvalue weighted by molar-refractivity contribution is -0.140. The summed E-state index contributed by atoms with van der Waals surface area (Å²) in [7, 11) is 0. The number of hydrogen-bond donors (Lipinski definition) is 1. The zero-order valence-electron chi connectivity index (χ0n) is 15.1. The van der Waals surface area contributed by atoms with Gasteiger partial charge in [-0.2, -0.15) is 0 Å². The summed E-state index contributed by atoms with van der Waals surface area (Å²) in [5, 5.41) is 3.92. The van der Waals surface area contributed by atoms with Gasteiger partial charge in [-0.25, -0.2) is 0 Å². The van der Waals surface area contributed by atoms with Crippen molar-refractivity contribution in [2.24, 2.45) is 0 Å². The fraction of sp³-hybridized carbons (Fsp3) is 0.143. The van der Waals surface area contributed by atoms with Gasteiger partial charge in [0.1, 0.15) is 12.3 Å². The number of carbonyl (C=O) groups excluding carboxylic acids is 1. The van der Waals surface area contributed by atoms with E-state index in [-0.39, 0.29) is 12.5 Å². The lowest BCUT2D eigenvalue weighted by atomic mass is 10.1. The molecule has 1 aromatic heterocycles. The fourth-order valence-corrected chi connectivity index (χ4v) is 2.88. The van der Waals surface area contributed by atoms with Crippen molar-refractivity contribution in [1.29, 1.82) is 0 Å². The Kier molecular flexibility index (Phi) is 6.74. The summed E-state index contributed by atoms with van der Waals surface area (Å²) in [6.45, 7) is 2.09. The van der Waals surface area contributed by atoms with Crippen LogP contribution in [-0.4, -0.2) is 24.1 Å². The van der Waals surface area contributed by atoms with Crippen molar-refractivity contribution in [2.75, 3.05) is 18.5 Å².